The molecule has 6 nitrogen and oxygen atoms in total. The number of nitro benzene ring substituents is 1. The molecule has 0 radical (unpaired) electrons. The van der Waals surface area contributed by atoms with Crippen LogP contribution >= 0.6 is 0 Å². The monoisotopic (exact) mass is 302 g/mol. The fraction of sp³-hybridized carbons (Fsp3) is 0.500. The Kier molecular flexibility index (Phi) is 3.94. The van der Waals surface area contributed by atoms with Crippen molar-refractivity contribution < 1.29 is 17.7 Å². The van der Waals surface area contributed by atoms with E-state index in [4.69, 9.17) is 0 Å². The van der Waals surface area contributed by atoms with Gasteiger partial charge in [0, 0.05) is 31.5 Å². The molecule has 8 heteroatoms. The lowest BCUT2D eigenvalue weighted by atomic mass is 10.1. The minimum Gasteiger partial charge on any atom is -0.366 e. The van der Waals surface area contributed by atoms with Crippen LogP contribution in [0.15, 0.2) is 17.0 Å². The lowest BCUT2D eigenvalue weighted by molar-refractivity contribution is -0.384. The standard InChI is InChI=1S/C12H15FN2O4S/c1-20(18,19)12-8-11(15(16)17)10(7-9(12)13)14-5-3-2-4-6-14/h7-8H,2-6H2,1H3. The Morgan fingerprint density at radius 2 is 1.85 bits per heavy atom. The summed E-state index contributed by atoms with van der Waals surface area (Å²) < 4.78 is 36.8. The van der Waals surface area contributed by atoms with Crippen molar-refractivity contribution in [2.75, 3.05) is 24.2 Å². The number of rotatable bonds is 3. The van der Waals surface area contributed by atoms with E-state index in [0.29, 0.717) is 13.1 Å². The molecule has 1 aliphatic heterocycles. The third kappa shape index (κ3) is 2.90. The smallest absolute Gasteiger partial charge is 0.294 e. The number of nitrogens with zero attached hydrogens (tertiary/aromatic N) is 2. The number of hydrogen-bond acceptors (Lipinski definition) is 5. The van der Waals surface area contributed by atoms with Crippen molar-refractivity contribution in [3.8, 4) is 0 Å². The van der Waals surface area contributed by atoms with E-state index in [9.17, 15) is 22.9 Å². The van der Waals surface area contributed by atoms with Crippen LogP contribution in [0.4, 0.5) is 15.8 Å². The van der Waals surface area contributed by atoms with Gasteiger partial charge in [-0.3, -0.25) is 10.1 Å². The Balaban J connectivity index is 2.57. The molecular formula is C12H15FN2O4S. The molecule has 1 aliphatic rings. The minimum absolute atomic E-state index is 0.152. The Bertz CT molecular complexity index is 639. The highest BCUT2D eigenvalue weighted by molar-refractivity contribution is 7.90. The first-order valence-electron chi connectivity index (χ1n) is 6.23. The Labute approximate surface area is 116 Å². The summed E-state index contributed by atoms with van der Waals surface area (Å²) in [5.41, 5.74) is -0.215. The second kappa shape index (κ2) is 5.35. The first-order valence-corrected chi connectivity index (χ1v) is 8.13. The van der Waals surface area contributed by atoms with Gasteiger partial charge in [0.2, 0.25) is 0 Å². The van der Waals surface area contributed by atoms with E-state index < -0.39 is 25.5 Å². The van der Waals surface area contributed by atoms with Crippen LogP contribution in [0.3, 0.4) is 0 Å². The fourth-order valence-electron chi connectivity index (χ4n) is 2.35. The highest BCUT2D eigenvalue weighted by atomic mass is 32.2. The molecule has 1 heterocycles. The summed E-state index contributed by atoms with van der Waals surface area (Å²) in [5, 5.41) is 11.1. The van der Waals surface area contributed by atoms with Gasteiger partial charge in [-0.15, -0.1) is 0 Å². The summed E-state index contributed by atoms with van der Waals surface area (Å²) in [7, 11) is -3.83. The number of anilines is 1. The van der Waals surface area contributed by atoms with Gasteiger partial charge in [0.25, 0.3) is 5.69 Å². The van der Waals surface area contributed by atoms with Gasteiger partial charge in [0.1, 0.15) is 16.4 Å². The van der Waals surface area contributed by atoms with Crippen LogP contribution in [0.25, 0.3) is 0 Å². The number of hydrogen-bond donors (Lipinski definition) is 0. The van der Waals surface area contributed by atoms with E-state index in [1.165, 1.54) is 0 Å². The van der Waals surface area contributed by atoms with Gasteiger partial charge in [0.05, 0.1) is 4.92 Å². The number of halogens is 1. The summed E-state index contributed by atoms with van der Waals surface area (Å²) in [4.78, 5) is 11.5. The topological polar surface area (TPSA) is 80.5 Å². The molecule has 0 spiro atoms. The maximum atomic E-state index is 13.9. The Morgan fingerprint density at radius 3 is 2.35 bits per heavy atom. The maximum absolute atomic E-state index is 13.9. The molecule has 1 saturated heterocycles. The van der Waals surface area contributed by atoms with Gasteiger partial charge < -0.3 is 4.90 Å². The molecule has 2 rings (SSSR count). The maximum Gasteiger partial charge on any atom is 0.294 e. The Hall–Kier alpha value is -1.70. The largest absolute Gasteiger partial charge is 0.366 e. The van der Waals surface area contributed by atoms with Crippen LogP contribution in [0.2, 0.25) is 0 Å². The van der Waals surface area contributed by atoms with Crippen molar-refractivity contribution in [2.45, 2.75) is 24.2 Å². The molecule has 0 bridgehead atoms. The van der Waals surface area contributed by atoms with Crippen LogP contribution in [-0.2, 0) is 9.84 Å². The van der Waals surface area contributed by atoms with Gasteiger partial charge in [0.15, 0.2) is 9.84 Å². The summed E-state index contributed by atoms with van der Waals surface area (Å²) in [6.45, 7) is 1.22. The van der Waals surface area contributed by atoms with Crippen LogP contribution in [0.5, 0.6) is 0 Å². The van der Waals surface area contributed by atoms with Crippen LogP contribution in [-0.4, -0.2) is 32.7 Å². The van der Waals surface area contributed by atoms with E-state index >= 15 is 0 Å². The van der Waals surface area contributed by atoms with Gasteiger partial charge in [-0.1, -0.05) is 0 Å². The van der Waals surface area contributed by atoms with Crippen LogP contribution < -0.4 is 4.90 Å². The molecule has 1 aromatic carbocycles. The number of sulfone groups is 1. The van der Waals surface area contributed by atoms with Crippen molar-refractivity contribution in [1.82, 2.24) is 0 Å². The summed E-state index contributed by atoms with van der Waals surface area (Å²) in [6.07, 6.45) is 3.63. The zero-order valence-electron chi connectivity index (χ0n) is 11.0. The molecule has 20 heavy (non-hydrogen) atoms. The van der Waals surface area contributed by atoms with Crippen molar-refractivity contribution >= 4 is 21.2 Å². The second-order valence-corrected chi connectivity index (χ2v) is 6.83. The molecular weight excluding hydrogens is 287 g/mol. The minimum atomic E-state index is -3.83. The van der Waals surface area contributed by atoms with Crippen LogP contribution in [0.1, 0.15) is 19.3 Å². The molecule has 0 aromatic heterocycles. The van der Waals surface area contributed by atoms with Gasteiger partial charge in [-0.2, -0.15) is 0 Å². The fourth-order valence-corrected chi connectivity index (χ4v) is 3.09. The van der Waals surface area contributed by atoms with E-state index in [2.05, 4.69) is 0 Å². The molecule has 1 fully saturated rings. The van der Waals surface area contributed by atoms with E-state index in [1.54, 1.807) is 4.90 Å². The zero-order chi connectivity index (χ0) is 14.9. The molecule has 0 aliphatic carbocycles. The summed E-state index contributed by atoms with van der Waals surface area (Å²) in [5.74, 6) is -0.946. The third-order valence-electron chi connectivity index (χ3n) is 3.32. The first-order chi connectivity index (χ1) is 9.30. The highest BCUT2D eigenvalue weighted by Crippen LogP contribution is 2.34. The van der Waals surface area contributed by atoms with E-state index in [1.807, 2.05) is 0 Å². The summed E-state index contributed by atoms with van der Waals surface area (Å²) >= 11 is 0. The van der Waals surface area contributed by atoms with Crippen molar-refractivity contribution in [3.05, 3.63) is 28.1 Å². The third-order valence-corrected chi connectivity index (χ3v) is 4.43. The second-order valence-electron chi connectivity index (χ2n) is 4.85. The average molecular weight is 302 g/mol. The van der Waals surface area contributed by atoms with Gasteiger partial charge in [-0.25, -0.2) is 12.8 Å². The molecule has 110 valence electrons. The molecule has 0 atom stereocenters. The SMILES string of the molecule is CS(=O)(=O)c1cc([N+](=O)[O-])c(N2CCCCC2)cc1F. The molecule has 0 amide bonds. The zero-order valence-corrected chi connectivity index (χ0v) is 11.8. The normalized spacial score (nSPS) is 16.2. The number of nitro groups is 1. The predicted octanol–water partition coefficient (Wildman–Crippen LogP) is 2.13. The quantitative estimate of drug-likeness (QED) is 0.631. The van der Waals surface area contributed by atoms with Crippen LogP contribution in [0, 0.1) is 15.9 Å². The van der Waals surface area contributed by atoms with E-state index in [-0.39, 0.29) is 11.4 Å². The van der Waals surface area contributed by atoms with E-state index in [0.717, 1.165) is 37.7 Å². The molecule has 1 aromatic rings. The Morgan fingerprint density at radius 1 is 1.25 bits per heavy atom. The van der Waals surface area contributed by atoms with Crippen molar-refractivity contribution in [3.63, 3.8) is 0 Å². The van der Waals surface area contributed by atoms with Crippen molar-refractivity contribution in [2.24, 2.45) is 0 Å². The number of piperidine rings is 1. The lowest BCUT2D eigenvalue weighted by Crippen LogP contribution is -2.30. The number of benzene rings is 1. The highest BCUT2D eigenvalue weighted by Gasteiger charge is 2.27. The summed E-state index contributed by atoms with van der Waals surface area (Å²) in [6, 6.07) is 1.77. The average Bonchev–Trinajstić information content (AvgIpc) is 2.37. The van der Waals surface area contributed by atoms with Gasteiger partial charge >= 0.3 is 0 Å². The van der Waals surface area contributed by atoms with Crippen molar-refractivity contribution in [1.29, 1.82) is 0 Å². The molecule has 0 saturated carbocycles. The predicted molar refractivity (Wildman–Crippen MR) is 72.2 cm³/mol. The first kappa shape index (κ1) is 14.7. The molecule has 0 N–H and O–H groups in total. The lowest BCUT2D eigenvalue weighted by Gasteiger charge is -2.28. The van der Waals surface area contributed by atoms with Gasteiger partial charge in [-0.05, 0) is 19.3 Å². The molecule has 0 unspecified atom stereocenters.